The van der Waals surface area contributed by atoms with Gasteiger partial charge in [0.2, 0.25) is 0 Å². The fraction of sp³-hybridized carbons (Fsp3) is 0.524. The number of methoxy groups -OCH3 is 1. The highest BCUT2D eigenvalue weighted by Crippen LogP contribution is 2.37. The van der Waals surface area contributed by atoms with Crippen LogP contribution in [0.5, 0.6) is 0 Å². The third kappa shape index (κ3) is 4.89. The van der Waals surface area contributed by atoms with E-state index >= 15 is 0 Å². The number of ether oxygens (including phenoxy) is 2. The van der Waals surface area contributed by atoms with E-state index in [9.17, 15) is 4.79 Å². The Morgan fingerprint density at radius 2 is 2.00 bits per heavy atom. The molecule has 27 heavy (non-hydrogen) atoms. The van der Waals surface area contributed by atoms with E-state index < -0.39 is 6.09 Å². The summed E-state index contributed by atoms with van der Waals surface area (Å²) in [5.41, 5.74) is 1.71. The van der Waals surface area contributed by atoms with Crippen LogP contribution in [0.4, 0.5) is 10.6 Å². The molecule has 3 rings (SSSR count). The third-order valence-electron chi connectivity index (χ3n) is 4.94. The Hall–Kier alpha value is -2.34. The van der Waals surface area contributed by atoms with E-state index in [2.05, 4.69) is 26.1 Å². The summed E-state index contributed by atoms with van der Waals surface area (Å²) in [5.74, 6) is 1.02. The summed E-state index contributed by atoms with van der Waals surface area (Å²) in [4.78, 5) is 12.3. The second kappa shape index (κ2) is 8.13. The topological polar surface area (TPSA) is 65.4 Å². The van der Waals surface area contributed by atoms with Gasteiger partial charge in [-0.15, -0.1) is 0 Å². The molecule has 1 amide bonds. The lowest BCUT2D eigenvalue weighted by atomic mass is 10.0. The van der Waals surface area contributed by atoms with Crippen molar-refractivity contribution in [3.05, 3.63) is 47.7 Å². The van der Waals surface area contributed by atoms with Gasteiger partial charge in [0.05, 0.1) is 17.3 Å². The first-order valence-corrected chi connectivity index (χ1v) is 9.47. The first-order valence-electron chi connectivity index (χ1n) is 9.47. The number of anilines is 1. The second-order valence-corrected chi connectivity index (χ2v) is 8.09. The molecule has 6 heteroatoms. The molecule has 2 aromatic rings. The highest BCUT2D eigenvalue weighted by atomic mass is 16.5. The molecule has 0 aliphatic heterocycles. The Kier molecular flexibility index (Phi) is 5.85. The maximum absolute atomic E-state index is 12.3. The Labute approximate surface area is 160 Å². The fourth-order valence-corrected chi connectivity index (χ4v) is 3.49. The number of benzene rings is 1. The maximum atomic E-state index is 12.3. The lowest BCUT2D eigenvalue weighted by molar-refractivity contribution is 0.108. The van der Waals surface area contributed by atoms with Gasteiger partial charge in [-0.3, -0.25) is 5.32 Å². The number of hydrogen-bond donors (Lipinski definition) is 1. The van der Waals surface area contributed by atoms with Crippen LogP contribution >= 0.6 is 0 Å². The van der Waals surface area contributed by atoms with E-state index in [1.54, 1.807) is 7.11 Å². The van der Waals surface area contributed by atoms with E-state index in [-0.39, 0.29) is 12.1 Å². The van der Waals surface area contributed by atoms with Gasteiger partial charge in [0.15, 0.2) is 0 Å². The SMILES string of the molecule is CO[C@@H]1CC[C@H](c2cc(NC(=O)OCc3ccccc3)n(C(C)(C)C)n2)C1. The van der Waals surface area contributed by atoms with Crippen molar-refractivity contribution < 1.29 is 14.3 Å². The zero-order valence-electron chi connectivity index (χ0n) is 16.6. The Morgan fingerprint density at radius 3 is 2.63 bits per heavy atom. The number of carbonyl (C=O) groups is 1. The third-order valence-corrected chi connectivity index (χ3v) is 4.94. The lowest BCUT2D eigenvalue weighted by Crippen LogP contribution is -2.27. The minimum absolute atomic E-state index is 0.237. The molecular formula is C21H29N3O3. The average Bonchev–Trinajstić information content (AvgIpc) is 3.27. The summed E-state index contributed by atoms with van der Waals surface area (Å²) in [5, 5.41) is 7.66. The summed E-state index contributed by atoms with van der Waals surface area (Å²) in [6.07, 6.45) is 2.89. The molecule has 1 heterocycles. The second-order valence-electron chi connectivity index (χ2n) is 8.09. The molecule has 1 aromatic heterocycles. The van der Waals surface area contributed by atoms with Crippen molar-refractivity contribution in [1.82, 2.24) is 9.78 Å². The highest BCUT2D eigenvalue weighted by molar-refractivity contribution is 5.83. The van der Waals surface area contributed by atoms with Gasteiger partial charge in [-0.05, 0) is 45.6 Å². The van der Waals surface area contributed by atoms with Gasteiger partial charge in [0.1, 0.15) is 12.4 Å². The molecule has 0 radical (unpaired) electrons. The van der Waals surface area contributed by atoms with Crippen molar-refractivity contribution in [3.63, 3.8) is 0 Å². The number of rotatable bonds is 5. The van der Waals surface area contributed by atoms with Crippen LogP contribution in [-0.4, -0.2) is 29.1 Å². The summed E-state index contributed by atoms with van der Waals surface area (Å²) in [7, 11) is 1.76. The number of nitrogens with zero attached hydrogens (tertiary/aromatic N) is 2. The maximum Gasteiger partial charge on any atom is 0.413 e. The van der Waals surface area contributed by atoms with Crippen LogP contribution in [0.3, 0.4) is 0 Å². The van der Waals surface area contributed by atoms with Gasteiger partial charge >= 0.3 is 6.09 Å². The standard InChI is InChI=1S/C21H29N3O3/c1-21(2,3)24-19(13-18(23-24)16-10-11-17(12-16)26-4)22-20(25)27-14-15-8-6-5-7-9-15/h5-9,13,16-17H,10-12,14H2,1-4H3,(H,22,25)/t16-,17+/m0/s1. The van der Waals surface area contributed by atoms with E-state index in [0.717, 1.165) is 30.5 Å². The number of nitrogens with one attached hydrogen (secondary N) is 1. The van der Waals surface area contributed by atoms with E-state index in [4.69, 9.17) is 14.6 Å². The van der Waals surface area contributed by atoms with Gasteiger partial charge < -0.3 is 9.47 Å². The Balaban J connectivity index is 1.70. The minimum Gasteiger partial charge on any atom is -0.444 e. The largest absolute Gasteiger partial charge is 0.444 e. The first kappa shape index (κ1) is 19.4. The summed E-state index contributed by atoms with van der Waals surface area (Å²) < 4.78 is 12.7. The molecule has 1 N–H and O–H groups in total. The molecule has 0 spiro atoms. The molecule has 2 atom stereocenters. The van der Waals surface area contributed by atoms with Crippen molar-refractivity contribution in [3.8, 4) is 0 Å². The molecule has 1 aliphatic carbocycles. The van der Waals surface area contributed by atoms with Crippen molar-refractivity contribution >= 4 is 11.9 Å². The fourth-order valence-electron chi connectivity index (χ4n) is 3.49. The van der Waals surface area contributed by atoms with Crippen molar-refractivity contribution in [2.75, 3.05) is 12.4 Å². The zero-order valence-corrected chi connectivity index (χ0v) is 16.6. The molecule has 1 fully saturated rings. The summed E-state index contributed by atoms with van der Waals surface area (Å²) >= 11 is 0. The molecule has 6 nitrogen and oxygen atoms in total. The van der Waals surface area contributed by atoms with Gasteiger partial charge in [0.25, 0.3) is 0 Å². The molecule has 1 aliphatic rings. The number of hydrogen-bond acceptors (Lipinski definition) is 4. The van der Waals surface area contributed by atoms with Crippen LogP contribution in [-0.2, 0) is 21.6 Å². The lowest BCUT2D eigenvalue weighted by Gasteiger charge is -2.22. The minimum atomic E-state index is -0.475. The average molecular weight is 371 g/mol. The Bertz CT molecular complexity index is 765. The van der Waals surface area contributed by atoms with Crippen LogP contribution in [0.25, 0.3) is 0 Å². The normalized spacial score (nSPS) is 19.9. The molecular weight excluding hydrogens is 342 g/mol. The number of aromatic nitrogens is 2. The van der Waals surface area contributed by atoms with Crippen molar-refractivity contribution in [2.24, 2.45) is 0 Å². The van der Waals surface area contributed by atoms with Gasteiger partial charge in [-0.1, -0.05) is 30.3 Å². The van der Waals surface area contributed by atoms with Crippen LogP contribution in [0.1, 0.15) is 57.2 Å². The van der Waals surface area contributed by atoms with Crippen LogP contribution in [0.15, 0.2) is 36.4 Å². The van der Waals surface area contributed by atoms with Crippen molar-refractivity contribution in [1.29, 1.82) is 0 Å². The van der Waals surface area contributed by atoms with Crippen LogP contribution in [0.2, 0.25) is 0 Å². The summed E-state index contributed by atoms with van der Waals surface area (Å²) in [6, 6.07) is 11.6. The number of amides is 1. The highest BCUT2D eigenvalue weighted by Gasteiger charge is 2.30. The number of carbonyl (C=O) groups excluding carboxylic acids is 1. The monoisotopic (exact) mass is 371 g/mol. The van der Waals surface area contributed by atoms with Gasteiger partial charge in [0, 0.05) is 19.1 Å². The predicted molar refractivity (Wildman–Crippen MR) is 105 cm³/mol. The zero-order chi connectivity index (χ0) is 19.4. The molecule has 0 saturated heterocycles. The first-order chi connectivity index (χ1) is 12.9. The quantitative estimate of drug-likeness (QED) is 0.829. The van der Waals surface area contributed by atoms with E-state index in [0.29, 0.717) is 17.8 Å². The molecule has 1 aromatic carbocycles. The van der Waals surface area contributed by atoms with E-state index in [1.807, 2.05) is 41.1 Å². The predicted octanol–water partition coefficient (Wildman–Crippen LogP) is 4.67. The summed E-state index contributed by atoms with van der Waals surface area (Å²) in [6.45, 7) is 6.44. The van der Waals surface area contributed by atoms with Gasteiger partial charge in [-0.2, -0.15) is 5.10 Å². The van der Waals surface area contributed by atoms with Crippen LogP contribution < -0.4 is 5.32 Å². The molecule has 146 valence electrons. The smallest absolute Gasteiger partial charge is 0.413 e. The van der Waals surface area contributed by atoms with Crippen molar-refractivity contribution in [2.45, 2.75) is 64.2 Å². The molecule has 0 unspecified atom stereocenters. The van der Waals surface area contributed by atoms with Gasteiger partial charge in [-0.25, -0.2) is 9.48 Å². The van der Waals surface area contributed by atoms with E-state index in [1.165, 1.54) is 0 Å². The molecule has 0 bridgehead atoms. The van der Waals surface area contributed by atoms with Crippen LogP contribution in [0, 0.1) is 0 Å². The Morgan fingerprint density at radius 1 is 1.26 bits per heavy atom. The molecule has 1 saturated carbocycles.